The molecular weight excluding hydrogens is 278 g/mol. The van der Waals surface area contributed by atoms with E-state index in [4.69, 9.17) is 10.5 Å². The SMILES string of the molecule is Cc1nc2cccc(C(N)=O)c2nc1OCc1ccccc1. The number of aryl methyl sites for hydroxylation is 1. The van der Waals surface area contributed by atoms with Gasteiger partial charge in [0.2, 0.25) is 5.88 Å². The van der Waals surface area contributed by atoms with E-state index in [-0.39, 0.29) is 0 Å². The van der Waals surface area contributed by atoms with Crippen LogP contribution in [0, 0.1) is 6.92 Å². The molecule has 0 aliphatic carbocycles. The fraction of sp³-hybridized carbons (Fsp3) is 0.118. The number of carbonyl (C=O) groups is 1. The second-order valence-corrected chi connectivity index (χ2v) is 4.93. The topological polar surface area (TPSA) is 78.1 Å². The number of ether oxygens (including phenoxy) is 1. The summed E-state index contributed by atoms with van der Waals surface area (Å²) in [6.45, 7) is 2.21. The molecule has 1 heterocycles. The third-order valence-electron chi connectivity index (χ3n) is 3.31. The van der Waals surface area contributed by atoms with Gasteiger partial charge in [0.05, 0.1) is 11.1 Å². The Morgan fingerprint density at radius 3 is 2.59 bits per heavy atom. The van der Waals surface area contributed by atoms with E-state index in [1.54, 1.807) is 18.2 Å². The number of rotatable bonds is 4. The molecular formula is C17H15N3O2. The van der Waals surface area contributed by atoms with Crippen molar-refractivity contribution in [3.63, 3.8) is 0 Å². The Labute approximate surface area is 127 Å². The normalized spacial score (nSPS) is 10.6. The van der Waals surface area contributed by atoms with Crippen molar-refractivity contribution in [1.29, 1.82) is 0 Å². The molecule has 0 unspecified atom stereocenters. The molecule has 0 atom stereocenters. The molecule has 2 N–H and O–H groups in total. The predicted molar refractivity (Wildman–Crippen MR) is 83.6 cm³/mol. The molecule has 0 aliphatic heterocycles. The van der Waals surface area contributed by atoms with Gasteiger partial charge < -0.3 is 10.5 Å². The van der Waals surface area contributed by atoms with Gasteiger partial charge in [0.25, 0.3) is 5.91 Å². The van der Waals surface area contributed by atoms with E-state index in [0.717, 1.165) is 5.56 Å². The van der Waals surface area contributed by atoms with Gasteiger partial charge in [-0.25, -0.2) is 9.97 Å². The lowest BCUT2D eigenvalue weighted by Gasteiger charge is -2.10. The van der Waals surface area contributed by atoms with Gasteiger partial charge in [-0.2, -0.15) is 0 Å². The highest BCUT2D eigenvalue weighted by Gasteiger charge is 2.12. The van der Waals surface area contributed by atoms with E-state index in [0.29, 0.717) is 34.8 Å². The molecule has 0 spiro atoms. The van der Waals surface area contributed by atoms with Crippen LogP contribution in [0.3, 0.4) is 0 Å². The molecule has 2 aromatic carbocycles. The molecule has 0 saturated carbocycles. The Kier molecular flexibility index (Phi) is 3.70. The number of nitrogens with two attached hydrogens (primary N) is 1. The van der Waals surface area contributed by atoms with Crippen LogP contribution in [-0.2, 0) is 6.61 Å². The maximum atomic E-state index is 11.5. The molecule has 3 rings (SSSR count). The molecule has 22 heavy (non-hydrogen) atoms. The van der Waals surface area contributed by atoms with Crippen molar-refractivity contribution in [3.8, 4) is 5.88 Å². The fourth-order valence-corrected chi connectivity index (χ4v) is 2.21. The molecule has 1 amide bonds. The van der Waals surface area contributed by atoms with Crippen molar-refractivity contribution in [1.82, 2.24) is 9.97 Å². The Balaban J connectivity index is 1.97. The van der Waals surface area contributed by atoms with Gasteiger partial charge in [-0.3, -0.25) is 4.79 Å². The minimum Gasteiger partial charge on any atom is -0.471 e. The van der Waals surface area contributed by atoms with Gasteiger partial charge in [0, 0.05) is 0 Å². The number of para-hydroxylation sites is 1. The number of aromatic nitrogens is 2. The second-order valence-electron chi connectivity index (χ2n) is 4.93. The largest absolute Gasteiger partial charge is 0.471 e. The van der Waals surface area contributed by atoms with Gasteiger partial charge in [-0.05, 0) is 24.6 Å². The summed E-state index contributed by atoms with van der Waals surface area (Å²) in [5.41, 5.74) is 8.52. The van der Waals surface area contributed by atoms with Crippen molar-refractivity contribution in [2.45, 2.75) is 13.5 Å². The molecule has 3 aromatic rings. The summed E-state index contributed by atoms with van der Waals surface area (Å²) < 4.78 is 5.74. The first-order valence-corrected chi connectivity index (χ1v) is 6.89. The maximum absolute atomic E-state index is 11.5. The first-order chi connectivity index (χ1) is 10.6. The van der Waals surface area contributed by atoms with Crippen LogP contribution < -0.4 is 10.5 Å². The van der Waals surface area contributed by atoms with Crippen molar-refractivity contribution >= 4 is 16.9 Å². The Bertz CT molecular complexity index is 832. The first kappa shape index (κ1) is 14.0. The number of primary amides is 1. The van der Waals surface area contributed by atoms with Gasteiger partial charge in [0.15, 0.2) is 0 Å². The Morgan fingerprint density at radius 2 is 1.86 bits per heavy atom. The summed E-state index contributed by atoms with van der Waals surface area (Å²) in [5.74, 6) is -0.122. The van der Waals surface area contributed by atoms with E-state index in [1.165, 1.54) is 0 Å². The summed E-state index contributed by atoms with van der Waals surface area (Å²) in [5, 5.41) is 0. The highest BCUT2D eigenvalue weighted by atomic mass is 16.5. The third kappa shape index (κ3) is 2.74. The van der Waals surface area contributed by atoms with Crippen LogP contribution >= 0.6 is 0 Å². The van der Waals surface area contributed by atoms with Gasteiger partial charge in [0.1, 0.15) is 17.8 Å². The smallest absolute Gasteiger partial charge is 0.250 e. The highest BCUT2D eigenvalue weighted by Crippen LogP contribution is 2.21. The Hall–Kier alpha value is -2.95. The molecule has 0 saturated heterocycles. The van der Waals surface area contributed by atoms with E-state index in [2.05, 4.69) is 9.97 Å². The van der Waals surface area contributed by atoms with Crippen molar-refractivity contribution in [2.24, 2.45) is 5.73 Å². The summed E-state index contributed by atoms with van der Waals surface area (Å²) in [7, 11) is 0. The number of hydrogen-bond donors (Lipinski definition) is 1. The van der Waals surface area contributed by atoms with Crippen LogP contribution in [0.5, 0.6) is 5.88 Å². The average molecular weight is 293 g/mol. The number of benzene rings is 2. The number of nitrogens with zero attached hydrogens (tertiary/aromatic N) is 2. The molecule has 1 aromatic heterocycles. The second kappa shape index (κ2) is 5.81. The van der Waals surface area contributed by atoms with Crippen molar-refractivity contribution in [3.05, 3.63) is 65.4 Å². The van der Waals surface area contributed by atoms with Crippen molar-refractivity contribution < 1.29 is 9.53 Å². The van der Waals surface area contributed by atoms with Crippen LogP contribution in [-0.4, -0.2) is 15.9 Å². The first-order valence-electron chi connectivity index (χ1n) is 6.89. The number of carbonyl (C=O) groups excluding carboxylic acids is 1. The fourth-order valence-electron chi connectivity index (χ4n) is 2.21. The van der Waals surface area contributed by atoms with Crippen LogP contribution in [0.25, 0.3) is 11.0 Å². The molecule has 110 valence electrons. The lowest BCUT2D eigenvalue weighted by molar-refractivity contribution is 0.100. The van der Waals surface area contributed by atoms with Gasteiger partial charge in [-0.15, -0.1) is 0 Å². The molecule has 0 bridgehead atoms. The standard InChI is InChI=1S/C17H15N3O2/c1-11-17(22-10-12-6-3-2-4-7-12)20-15-13(16(18)21)8-5-9-14(15)19-11/h2-9H,10H2,1H3,(H2,18,21). The quantitative estimate of drug-likeness (QED) is 0.802. The molecule has 5 nitrogen and oxygen atoms in total. The predicted octanol–water partition coefficient (Wildman–Crippen LogP) is 2.62. The number of hydrogen-bond acceptors (Lipinski definition) is 4. The van der Waals surface area contributed by atoms with Crippen LogP contribution in [0.2, 0.25) is 0 Å². The zero-order valence-electron chi connectivity index (χ0n) is 12.1. The minimum absolute atomic E-state index is 0.342. The zero-order valence-corrected chi connectivity index (χ0v) is 12.1. The zero-order chi connectivity index (χ0) is 15.5. The molecule has 5 heteroatoms. The van der Waals surface area contributed by atoms with Crippen LogP contribution in [0.4, 0.5) is 0 Å². The molecule has 0 radical (unpaired) electrons. The van der Waals surface area contributed by atoms with E-state index >= 15 is 0 Å². The van der Waals surface area contributed by atoms with Crippen LogP contribution in [0.15, 0.2) is 48.5 Å². The maximum Gasteiger partial charge on any atom is 0.250 e. The van der Waals surface area contributed by atoms with Crippen molar-refractivity contribution in [2.75, 3.05) is 0 Å². The number of amides is 1. The van der Waals surface area contributed by atoms with Crippen LogP contribution in [0.1, 0.15) is 21.6 Å². The minimum atomic E-state index is -0.530. The molecule has 0 fully saturated rings. The summed E-state index contributed by atoms with van der Waals surface area (Å²) in [6, 6.07) is 15.0. The van der Waals surface area contributed by atoms with E-state index in [1.807, 2.05) is 37.3 Å². The molecule has 0 aliphatic rings. The van der Waals surface area contributed by atoms with E-state index in [9.17, 15) is 4.79 Å². The highest BCUT2D eigenvalue weighted by molar-refractivity contribution is 6.03. The lowest BCUT2D eigenvalue weighted by atomic mass is 10.1. The monoisotopic (exact) mass is 293 g/mol. The average Bonchev–Trinajstić information content (AvgIpc) is 2.53. The number of fused-ring (bicyclic) bond motifs is 1. The summed E-state index contributed by atoms with van der Waals surface area (Å²) in [4.78, 5) is 20.4. The summed E-state index contributed by atoms with van der Waals surface area (Å²) in [6.07, 6.45) is 0. The lowest BCUT2D eigenvalue weighted by Crippen LogP contribution is -2.12. The van der Waals surface area contributed by atoms with Gasteiger partial charge >= 0.3 is 0 Å². The van der Waals surface area contributed by atoms with Gasteiger partial charge in [-0.1, -0.05) is 36.4 Å². The summed E-state index contributed by atoms with van der Waals surface area (Å²) >= 11 is 0. The third-order valence-corrected chi connectivity index (χ3v) is 3.31. The Morgan fingerprint density at radius 1 is 1.09 bits per heavy atom. The van der Waals surface area contributed by atoms with E-state index < -0.39 is 5.91 Å².